The molecule has 0 aliphatic carbocycles. The summed E-state index contributed by atoms with van der Waals surface area (Å²) >= 11 is 0. The number of halogens is 7. The molecule has 0 amide bonds. The van der Waals surface area contributed by atoms with Gasteiger partial charge in [-0.05, 0) is 35.2 Å². The predicted molar refractivity (Wildman–Crippen MR) is 69.1 cm³/mol. The van der Waals surface area contributed by atoms with Gasteiger partial charge in [0.05, 0.1) is 10.9 Å². The first-order valence-electron chi connectivity index (χ1n) is 6.22. The van der Waals surface area contributed by atoms with Crippen LogP contribution in [0.25, 0.3) is 21.9 Å². The van der Waals surface area contributed by atoms with Crippen molar-refractivity contribution in [1.82, 2.24) is 0 Å². The van der Waals surface area contributed by atoms with Crippen LogP contribution in [-0.2, 0) is 0 Å². The van der Waals surface area contributed by atoms with Crippen molar-refractivity contribution >= 4 is 10.8 Å². The van der Waals surface area contributed by atoms with E-state index in [-0.39, 0.29) is 0 Å². The minimum atomic E-state index is -1.92. The molecule has 3 aromatic rings. The highest BCUT2D eigenvalue weighted by Gasteiger charge is 2.23. The molecule has 0 heterocycles. The van der Waals surface area contributed by atoms with E-state index < -0.39 is 62.6 Å². The van der Waals surface area contributed by atoms with Crippen LogP contribution in [0.15, 0.2) is 30.3 Å². The molecule has 7 heteroatoms. The minimum Gasteiger partial charge on any atom is -0.206 e. The van der Waals surface area contributed by atoms with Gasteiger partial charge in [0.25, 0.3) is 0 Å². The Kier molecular flexibility index (Phi) is 3.50. The summed E-state index contributed by atoms with van der Waals surface area (Å²) in [5.41, 5.74) is -1.44. The summed E-state index contributed by atoms with van der Waals surface area (Å²) in [4.78, 5) is 0. The second-order valence-electron chi connectivity index (χ2n) is 4.72. The Hall–Kier alpha value is -2.57. The van der Waals surface area contributed by atoms with Gasteiger partial charge in [0.1, 0.15) is 11.6 Å². The molecule has 0 aromatic heterocycles. The number of hydrogen-bond donors (Lipinski definition) is 0. The molecule has 3 aromatic carbocycles. The topological polar surface area (TPSA) is 0 Å². The van der Waals surface area contributed by atoms with Crippen LogP contribution in [0.4, 0.5) is 30.7 Å². The zero-order valence-corrected chi connectivity index (χ0v) is 11.0. The van der Waals surface area contributed by atoms with E-state index in [0.29, 0.717) is 24.3 Å². The molecule has 0 nitrogen and oxygen atoms in total. The maximum absolute atomic E-state index is 13.9. The van der Waals surface area contributed by atoms with Crippen molar-refractivity contribution in [2.75, 3.05) is 0 Å². The van der Waals surface area contributed by atoms with Gasteiger partial charge in [-0.25, -0.2) is 30.7 Å². The van der Waals surface area contributed by atoms with Crippen LogP contribution >= 0.6 is 0 Å². The number of fused-ring (bicyclic) bond motifs is 1. The molecule has 23 heavy (non-hydrogen) atoms. The smallest absolute Gasteiger partial charge is 0.195 e. The summed E-state index contributed by atoms with van der Waals surface area (Å²) in [7, 11) is 0. The van der Waals surface area contributed by atoms with Crippen molar-refractivity contribution < 1.29 is 30.7 Å². The molecule has 0 bridgehead atoms. The average Bonchev–Trinajstić information content (AvgIpc) is 2.51. The second kappa shape index (κ2) is 5.26. The van der Waals surface area contributed by atoms with Crippen LogP contribution in [0, 0.1) is 40.7 Å². The lowest BCUT2D eigenvalue weighted by molar-refractivity contribution is 0.451. The third-order valence-corrected chi connectivity index (χ3v) is 3.40. The van der Waals surface area contributed by atoms with E-state index in [9.17, 15) is 30.7 Å². The second-order valence-corrected chi connectivity index (χ2v) is 4.72. The van der Waals surface area contributed by atoms with Crippen LogP contribution in [0.2, 0.25) is 0 Å². The van der Waals surface area contributed by atoms with E-state index >= 15 is 0 Å². The molecular formula is C16H5F7. The summed E-state index contributed by atoms with van der Waals surface area (Å²) in [6, 6.07) is 2.99. The summed E-state index contributed by atoms with van der Waals surface area (Å²) < 4.78 is 95.3. The lowest BCUT2D eigenvalue weighted by Crippen LogP contribution is -1.99. The van der Waals surface area contributed by atoms with Crippen LogP contribution in [-0.4, -0.2) is 0 Å². The molecule has 118 valence electrons. The highest BCUT2D eigenvalue weighted by molar-refractivity contribution is 5.97. The molecule has 0 N–H and O–H groups in total. The quantitative estimate of drug-likeness (QED) is 0.315. The lowest BCUT2D eigenvalue weighted by Gasteiger charge is -2.11. The zero-order chi connectivity index (χ0) is 16.9. The van der Waals surface area contributed by atoms with Crippen molar-refractivity contribution in [2.45, 2.75) is 0 Å². The maximum atomic E-state index is 13.9. The Morgan fingerprint density at radius 2 is 1.13 bits per heavy atom. The SMILES string of the molecule is Fc1ccc(F)c(-c2ccc(F)c3c(F)c(F)c(F)cc23)c1F. The molecular weight excluding hydrogens is 325 g/mol. The van der Waals surface area contributed by atoms with Gasteiger partial charge in [0.2, 0.25) is 0 Å². The first-order chi connectivity index (χ1) is 10.8. The summed E-state index contributed by atoms with van der Waals surface area (Å²) in [6.45, 7) is 0. The minimum absolute atomic E-state index is 0.399. The lowest BCUT2D eigenvalue weighted by atomic mass is 9.96. The summed E-state index contributed by atoms with van der Waals surface area (Å²) in [6.07, 6.45) is 0. The number of rotatable bonds is 1. The molecule has 0 aliphatic heterocycles. The maximum Gasteiger partial charge on any atom is 0.195 e. The van der Waals surface area contributed by atoms with Crippen molar-refractivity contribution in [3.05, 3.63) is 71.1 Å². The highest BCUT2D eigenvalue weighted by atomic mass is 19.2. The monoisotopic (exact) mass is 330 g/mol. The van der Waals surface area contributed by atoms with Crippen molar-refractivity contribution in [1.29, 1.82) is 0 Å². The third kappa shape index (κ3) is 2.23. The van der Waals surface area contributed by atoms with E-state index in [1.54, 1.807) is 0 Å². The fourth-order valence-electron chi connectivity index (χ4n) is 2.36. The molecule has 0 atom stereocenters. The van der Waals surface area contributed by atoms with Gasteiger partial charge >= 0.3 is 0 Å². The molecule has 0 radical (unpaired) electrons. The number of benzene rings is 3. The van der Waals surface area contributed by atoms with Crippen LogP contribution in [0.3, 0.4) is 0 Å². The molecule has 0 unspecified atom stereocenters. The van der Waals surface area contributed by atoms with E-state index in [2.05, 4.69) is 0 Å². The molecule has 0 fully saturated rings. The normalized spacial score (nSPS) is 11.3. The van der Waals surface area contributed by atoms with Gasteiger partial charge < -0.3 is 0 Å². The summed E-state index contributed by atoms with van der Waals surface area (Å²) in [5, 5.41) is -1.60. The van der Waals surface area contributed by atoms with E-state index in [1.165, 1.54) is 0 Å². The van der Waals surface area contributed by atoms with Gasteiger partial charge in [-0.3, -0.25) is 0 Å². The van der Waals surface area contributed by atoms with Gasteiger partial charge in [-0.15, -0.1) is 0 Å². The Bertz CT molecular complexity index is 947. The van der Waals surface area contributed by atoms with Crippen molar-refractivity contribution in [3.63, 3.8) is 0 Å². The van der Waals surface area contributed by atoms with Crippen molar-refractivity contribution in [3.8, 4) is 11.1 Å². The molecule has 0 saturated carbocycles. The molecule has 0 aliphatic rings. The standard InChI is InChI=1S/C16H5F7/c17-8-2-1-6(12-9(18)3-4-10(19)14(12)21)7-5-11(20)15(22)16(23)13(7)8/h1-5H. The van der Waals surface area contributed by atoms with Gasteiger partial charge in [0.15, 0.2) is 29.1 Å². The van der Waals surface area contributed by atoms with Gasteiger partial charge in [0, 0.05) is 0 Å². The van der Waals surface area contributed by atoms with Crippen LogP contribution < -0.4 is 0 Å². The van der Waals surface area contributed by atoms with Crippen LogP contribution in [0.5, 0.6) is 0 Å². The van der Waals surface area contributed by atoms with E-state index in [0.717, 1.165) is 6.07 Å². The van der Waals surface area contributed by atoms with E-state index in [1.807, 2.05) is 0 Å². The summed E-state index contributed by atoms with van der Waals surface area (Å²) in [5.74, 6) is -10.9. The largest absolute Gasteiger partial charge is 0.206 e. The fraction of sp³-hybridized carbons (Fsp3) is 0. The molecule has 0 spiro atoms. The molecule has 3 rings (SSSR count). The molecule has 0 saturated heterocycles. The fourth-order valence-corrected chi connectivity index (χ4v) is 2.36. The predicted octanol–water partition coefficient (Wildman–Crippen LogP) is 5.48. The third-order valence-electron chi connectivity index (χ3n) is 3.40. The Morgan fingerprint density at radius 3 is 1.83 bits per heavy atom. The Labute approximate surface area is 124 Å². The van der Waals surface area contributed by atoms with Crippen LogP contribution in [0.1, 0.15) is 0 Å². The van der Waals surface area contributed by atoms with Gasteiger partial charge in [-0.2, -0.15) is 0 Å². The Morgan fingerprint density at radius 1 is 0.522 bits per heavy atom. The first-order valence-corrected chi connectivity index (χ1v) is 6.22. The zero-order valence-electron chi connectivity index (χ0n) is 11.0. The van der Waals surface area contributed by atoms with Gasteiger partial charge in [-0.1, -0.05) is 6.07 Å². The average molecular weight is 330 g/mol. The number of hydrogen-bond acceptors (Lipinski definition) is 0. The van der Waals surface area contributed by atoms with E-state index in [4.69, 9.17) is 0 Å². The highest BCUT2D eigenvalue weighted by Crippen LogP contribution is 2.36. The first kappa shape index (κ1) is 15.3. The Balaban J connectivity index is 2.51. The van der Waals surface area contributed by atoms with Crippen molar-refractivity contribution in [2.24, 2.45) is 0 Å².